The number of carbonyl (C=O) groups is 2. The molecule has 0 unspecified atom stereocenters. The molecule has 0 heterocycles. The van der Waals surface area contributed by atoms with Crippen LogP contribution in [0.2, 0.25) is 0 Å². The van der Waals surface area contributed by atoms with Crippen molar-refractivity contribution >= 4 is 11.8 Å². The van der Waals surface area contributed by atoms with E-state index in [4.69, 9.17) is 4.74 Å². The van der Waals surface area contributed by atoms with E-state index < -0.39 is 0 Å². The maximum absolute atomic E-state index is 12.0. The highest BCUT2D eigenvalue weighted by atomic mass is 16.5. The molecule has 0 aromatic heterocycles. The minimum Gasteiger partial charge on any atom is -0.494 e. The maximum Gasteiger partial charge on any atom is 0.251 e. The predicted molar refractivity (Wildman–Crippen MR) is 116 cm³/mol. The van der Waals surface area contributed by atoms with Gasteiger partial charge in [-0.1, -0.05) is 50.6 Å². The summed E-state index contributed by atoms with van der Waals surface area (Å²) >= 11 is 0. The number of benzene rings is 2. The molecule has 0 atom stereocenters. The van der Waals surface area contributed by atoms with Gasteiger partial charge in [-0.2, -0.15) is 0 Å². The third-order valence-corrected chi connectivity index (χ3v) is 4.55. The Hall–Kier alpha value is -2.82. The van der Waals surface area contributed by atoms with E-state index in [9.17, 15) is 9.59 Å². The van der Waals surface area contributed by atoms with Crippen molar-refractivity contribution in [3.63, 3.8) is 0 Å². The lowest BCUT2D eigenvalue weighted by Crippen LogP contribution is -2.34. The van der Waals surface area contributed by atoms with Crippen molar-refractivity contribution in [1.29, 1.82) is 0 Å². The summed E-state index contributed by atoms with van der Waals surface area (Å²) < 4.78 is 5.70. The van der Waals surface area contributed by atoms with E-state index >= 15 is 0 Å². The van der Waals surface area contributed by atoms with Crippen molar-refractivity contribution in [3.8, 4) is 5.75 Å². The highest BCUT2D eigenvalue weighted by molar-refractivity contribution is 5.94. The van der Waals surface area contributed by atoms with Crippen molar-refractivity contribution in [3.05, 3.63) is 65.2 Å². The van der Waals surface area contributed by atoms with Gasteiger partial charge in [-0.15, -0.1) is 0 Å². The quantitative estimate of drug-likeness (QED) is 0.630. The summed E-state index contributed by atoms with van der Waals surface area (Å²) in [6.07, 6.45) is 1.04. The van der Waals surface area contributed by atoms with Gasteiger partial charge in [0.25, 0.3) is 5.91 Å². The van der Waals surface area contributed by atoms with Gasteiger partial charge in [0.05, 0.1) is 6.61 Å². The molecular formula is C24H32N2O3. The Kier molecular flexibility index (Phi) is 8.25. The number of hydrogen-bond donors (Lipinski definition) is 2. The largest absolute Gasteiger partial charge is 0.494 e. The van der Waals surface area contributed by atoms with E-state index in [1.807, 2.05) is 37.3 Å². The van der Waals surface area contributed by atoms with Gasteiger partial charge >= 0.3 is 0 Å². The van der Waals surface area contributed by atoms with Gasteiger partial charge in [-0.25, -0.2) is 0 Å². The molecule has 2 amide bonds. The Morgan fingerprint density at radius 3 is 2.31 bits per heavy atom. The van der Waals surface area contributed by atoms with Crippen molar-refractivity contribution in [2.75, 3.05) is 19.7 Å². The van der Waals surface area contributed by atoms with Gasteiger partial charge in [0.2, 0.25) is 5.91 Å². The molecule has 2 aromatic carbocycles. The van der Waals surface area contributed by atoms with Crippen LogP contribution in [-0.2, 0) is 10.2 Å². The second-order valence-electron chi connectivity index (χ2n) is 8.20. The molecule has 0 radical (unpaired) electrons. The first kappa shape index (κ1) is 22.5. The molecule has 29 heavy (non-hydrogen) atoms. The molecule has 2 N–H and O–H groups in total. The first-order chi connectivity index (χ1) is 13.8. The van der Waals surface area contributed by atoms with E-state index in [0.29, 0.717) is 38.1 Å². The van der Waals surface area contributed by atoms with Crippen LogP contribution in [0.1, 0.15) is 55.1 Å². The van der Waals surface area contributed by atoms with E-state index in [-0.39, 0.29) is 17.2 Å². The van der Waals surface area contributed by atoms with Gasteiger partial charge in [-0.05, 0) is 48.6 Å². The van der Waals surface area contributed by atoms with Gasteiger partial charge in [0.15, 0.2) is 0 Å². The minimum atomic E-state index is -0.131. The van der Waals surface area contributed by atoms with Crippen LogP contribution in [0.25, 0.3) is 0 Å². The van der Waals surface area contributed by atoms with Crippen LogP contribution in [0, 0.1) is 6.92 Å². The number of aryl methyl sites for hydroxylation is 1. The summed E-state index contributed by atoms with van der Waals surface area (Å²) in [4.78, 5) is 23.9. The molecule has 2 rings (SSSR count). The average Bonchev–Trinajstić information content (AvgIpc) is 2.68. The Balaban J connectivity index is 1.57. The Labute approximate surface area is 173 Å². The smallest absolute Gasteiger partial charge is 0.251 e. The number of amides is 2. The number of hydrogen-bond acceptors (Lipinski definition) is 3. The zero-order valence-electron chi connectivity index (χ0n) is 17.9. The fourth-order valence-electron chi connectivity index (χ4n) is 2.83. The standard InChI is InChI=1S/C24H32N2O3/c1-18-7-5-8-19(17-18)23(28)26-15-14-25-22(27)9-6-16-29-21-12-10-20(11-13-21)24(2,3)4/h5,7-8,10-13,17H,6,9,14-16H2,1-4H3,(H,25,27)(H,26,28). The fraction of sp³-hybridized carbons (Fsp3) is 0.417. The summed E-state index contributed by atoms with van der Waals surface area (Å²) in [5.41, 5.74) is 3.05. The Bertz CT molecular complexity index is 808. The Morgan fingerprint density at radius 2 is 1.66 bits per heavy atom. The van der Waals surface area contributed by atoms with Crippen LogP contribution >= 0.6 is 0 Å². The average molecular weight is 397 g/mol. The maximum atomic E-state index is 12.0. The van der Waals surface area contributed by atoms with Crippen molar-refractivity contribution in [1.82, 2.24) is 10.6 Å². The molecular weight excluding hydrogens is 364 g/mol. The summed E-state index contributed by atoms with van der Waals surface area (Å²) in [6, 6.07) is 15.5. The summed E-state index contributed by atoms with van der Waals surface area (Å²) in [6.45, 7) is 9.77. The van der Waals surface area contributed by atoms with E-state index in [1.54, 1.807) is 6.07 Å². The molecule has 0 fully saturated rings. The molecule has 0 spiro atoms. The normalized spacial score (nSPS) is 11.0. The molecule has 5 heteroatoms. The second kappa shape index (κ2) is 10.6. The number of ether oxygens (including phenoxy) is 1. The van der Waals surface area contributed by atoms with Gasteiger partial charge in [-0.3, -0.25) is 9.59 Å². The van der Waals surface area contributed by atoms with Gasteiger partial charge < -0.3 is 15.4 Å². The lowest BCUT2D eigenvalue weighted by Gasteiger charge is -2.19. The minimum absolute atomic E-state index is 0.0403. The molecule has 0 saturated heterocycles. The van der Waals surface area contributed by atoms with Crippen LogP contribution in [0.4, 0.5) is 0 Å². The molecule has 0 aliphatic carbocycles. The molecule has 5 nitrogen and oxygen atoms in total. The van der Waals surface area contributed by atoms with Crippen LogP contribution in [0.5, 0.6) is 5.75 Å². The van der Waals surface area contributed by atoms with Crippen LogP contribution in [0.3, 0.4) is 0 Å². The summed E-state index contributed by atoms with van der Waals surface area (Å²) in [5, 5.41) is 5.62. The zero-order valence-corrected chi connectivity index (χ0v) is 17.9. The van der Waals surface area contributed by atoms with Crippen molar-refractivity contribution in [2.24, 2.45) is 0 Å². The second-order valence-corrected chi connectivity index (χ2v) is 8.20. The molecule has 0 aliphatic heterocycles. The Morgan fingerprint density at radius 1 is 0.966 bits per heavy atom. The SMILES string of the molecule is Cc1cccc(C(=O)NCCNC(=O)CCCOc2ccc(C(C)(C)C)cc2)c1. The topological polar surface area (TPSA) is 67.4 Å². The highest BCUT2D eigenvalue weighted by Crippen LogP contribution is 2.24. The monoisotopic (exact) mass is 396 g/mol. The first-order valence-corrected chi connectivity index (χ1v) is 10.1. The zero-order chi connectivity index (χ0) is 21.3. The number of rotatable bonds is 9. The van der Waals surface area contributed by atoms with Gasteiger partial charge in [0.1, 0.15) is 5.75 Å². The lowest BCUT2D eigenvalue weighted by atomic mass is 9.87. The third kappa shape index (κ3) is 7.98. The summed E-state index contributed by atoms with van der Waals surface area (Å²) in [5.74, 6) is 0.646. The van der Waals surface area contributed by atoms with Gasteiger partial charge in [0, 0.05) is 25.1 Å². The molecule has 0 saturated carbocycles. The van der Waals surface area contributed by atoms with Crippen molar-refractivity contribution < 1.29 is 14.3 Å². The van der Waals surface area contributed by atoms with E-state index in [2.05, 4.69) is 43.5 Å². The number of carbonyl (C=O) groups excluding carboxylic acids is 2. The van der Waals surface area contributed by atoms with E-state index in [0.717, 1.165) is 11.3 Å². The number of nitrogens with one attached hydrogen (secondary N) is 2. The van der Waals surface area contributed by atoms with Crippen molar-refractivity contribution in [2.45, 2.75) is 46.0 Å². The highest BCUT2D eigenvalue weighted by Gasteiger charge is 2.13. The summed E-state index contributed by atoms with van der Waals surface area (Å²) in [7, 11) is 0. The van der Waals surface area contributed by atoms with Crippen LogP contribution < -0.4 is 15.4 Å². The first-order valence-electron chi connectivity index (χ1n) is 10.1. The molecule has 0 aliphatic rings. The molecule has 2 aromatic rings. The van der Waals surface area contributed by atoms with Crippen LogP contribution in [-0.4, -0.2) is 31.5 Å². The predicted octanol–water partition coefficient (Wildman–Crippen LogP) is 4.00. The van der Waals surface area contributed by atoms with E-state index in [1.165, 1.54) is 5.56 Å². The lowest BCUT2D eigenvalue weighted by molar-refractivity contribution is -0.121. The molecule has 0 bridgehead atoms. The van der Waals surface area contributed by atoms with Crippen LogP contribution in [0.15, 0.2) is 48.5 Å². The molecule has 156 valence electrons. The fourth-order valence-corrected chi connectivity index (χ4v) is 2.83. The third-order valence-electron chi connectivity index (χ3n) is 4.55.